The van der Waals surface area contributed by atoms with Crippen molar-refractivity contribution in [3.63, 3.8) is 0 Å². The molecule has 0 aliphatic rings. The van der Waals surface area contributed by atoms with Crippen molar-refractivity contribution in [2.45, 2.75) is 19.6 Å². The Morgan fingerprint density at radius 1 is 1.16 bits per heavy atom. The number of hydrogen-bond donors (Lipinski definition) is 1. The summed E-state index contributed by atoms with van der Waals surface area (Å²) < 4.78 is 19.9. The molecular weight excluding hydrogens is 506 g/mol. The standard InChI is InChI=1S/C25H20FIN2O2/c1-17(20-7-3-2-4-8-20)29-25(30)21(15-28)12-18-10-11-24(23(27)14-18)31-16-19-6-5-9-22(26)13-19/h2-14,17H,16H2,1H3,(H,29,30)/b21-12-/t17-/m0/s1. The van der Waals surface area contributed by atoms with Crippen molar-refractivity contribution in [1.29, 1.82) is 5.26 Å². The van der Waals surface area contributed by atoms with Crippen LogP contribution in [0.2, 0.25) is 0 Å². The van der Waals surface area contributed by atoms with Crippen LogP contribution in [-0.2, 0) is 11.4 Å². The zero-order valence-corrected chi connectivity index (χ0v) is 19.0. The van der Waals surface area contributed by atoms with Gasteiger partial charge < -0.3 is 10.1 Å². The van der Waals surface area contributed by atoms with Crippen molar-refractivity contribution in [3.8, 4) is 11.8 Å². The lowest BCUT2D eigenvalue weighted by Crippen LogP contribution is -2.27. The third-order valence-electron chi connectivity index (χ3n) is 4.56. The van der Waals surface area contributed by atoms with Crippen LogP contribution in [0.4, 0.5) is 4.39 Å². The number of nitriles is 1. The molecule has 0 aromatic heterocycles. The first-order valence-electron chi connectivity index (χ1n) is 9.60. The first-order valence-corrected chi connectivity index (χ1v) is 10.7. The van der Waals surface area contributed by atoms with Crippen LogP contribution in [0.1, 0.15) is 29.7 Å². The monoisotopic (exact) mass is 526 g/mol. The second-order valence-corrected chi connectivity index (χ2v) is 8.05. The fraction of sp³-hybridized carbons (Fsp3) is 0.120. The maximum absolute atomic E-state index is 13.3. The largest absolute Gasteiger partial charge is 0.488 e. The summed E-state index contributed by atoms with van der Waals surface area (Å²) >= 11 is 2.13. The number of ether oxygens (including phenoxy) is 1. The SMILES string of the molecule is C[C@H](NC(=O)/C(C#N)=C\c1ccc(OCc2cccc(F)c2)c(I)c1)c1ccccc1. The van der Waals surface area contributed by atoms with Crippen molar-refractivity contribution in [2.24, 2.45) is 0 Å². The Bertz CT molecular complexity index is 1140. The molecule has 3 rings (SSSR count). The number of carbonyl (C=O) groups excluding carboxylic acids is 1. The minimum Gasteiger partial charge on any atom is -0.488 e. The molecular formula is C25H20FIN2O2. The van der Waals surface area contributed by atoms with Crippen LogP contribution in [-0.4, -0.2) is 5.91 Å². The number of amides is 1. The van der Waals surface area contributed by atoms with E-state index in [-0.39, 0.29) is 24.0 Å². The molecule has 0 unspecified atom stereocenters. The minimum absolute atomic E-state index is 0.0204. The summed E-state index contributed by atoms with van der Waals surface area (Å²) in [5.74, 6) is -0.0943. The highest BCUT2D eigenvalue weighted by Gasteiger charge is 2.14. The van der Waals surface area contributed by atoms with Crippen LogP contribution >= 0.6 is 22.6 Å². The van der Waals surface area contributed by atoms with E-state index in [2.05, 4.69) is 27.9 Å². The maximum Gasteiger partial charge on any atom is 0.262 e. The maximum atomic E-state index is 13.3. The molecule has 0 aliphatic carbocycles. The molecule has 0 spiro atoms. The predicted octanol–water partition coefficient (Wildman–Crippen LogP) is 5.79. The third kappa shape index (κ3) is 6.40. The Labute approximate surface area is 194 Å². The minimum atomic E-state index is -0.430. The van der Waals surface area contributed by atoms with Crippen molar-refractivity contribution in [3.05, 3.63) is 104 Å². The lowest BCUT2D eigenvalue weighted by molar-refractivity contribution is -0.117. The van der Waals surface area contributed by atoms with E-state index >= 15 is 0 Å². The molecule has 0 bridgehead atoms. The molecule has 156 valence electrons. The lowest BCUT2D eigenvalue weighted by Gasteiger charge is -2.14. The molecule has 1 amide bonds. The Hall–Kier alpha value is -3.18. The molecule has 6 heteroatoms. The van der Waals surface area contributed by atoms with Crippen LogP contribution in [0, 0.1) is 20.7 Å². The molecule has 0 heterocycles. The van der Waals surface area contributed by atoms with Gasteiger partial charge in [-0.25, -0.2) is 4.39 Å². The van der Waals surface area contributed by atoms with Gasteiger partial charge in [-0.2, -0.15) is 5.26 Å². The fourth-order valence-electron chi connectivity index (χ4n) is 2.93. The van der Waals surface area contributed by atoms with Gasteiger partial charge in [-0.05, 0) is 76.5 Å². The van der Waals surface area contributed by atoms with Crippen LogP contribution in [0.5, 0.6) is 5.75 Å². The molecule has 1 atom stereocenters. The molecule has 4 nitrogen and oxygen atoms in total. The van der Waals surface area contributed by atoms with Gasteiger partial charge >= 0.3 is 0 Å². The van der Waals surface area contributed by atoms with Crippen LogP contribution in [0.15, 0.2) is 78.4 Å². The van der Waals surface area contributed by atoms with Gasteiger partial charge in [-0.1, -0.05) is 48.5 Å². The summed E-state index contributed by atoms with van der Waals surface area (Å²) in [6, 6.07) is 22.9. The van der Waals surface area contributed by atoms with Gasteiger partial charge in [0, 0.05) is 0 Å². The van der Waals surface area contributed by atoms with Gasteiger partial charge in [-0.15, -0.1) is 0 Å². The van der Waals surface area contributed by atoms with E-state index in [1.165, 1.54) is 12.1 Å². The van der Waals surface area contributed by atoms with Crippen LogP contribution < -0.4 is 10.1 Å². The van der Waals surface area contributed by atoms with Crippen molar-refractivity contribution >= 4 is 34.6 Å². The van der Waals surface area contributed by atoms with Gasteiger partial charge in [-0.3, -0.25) is 4.79 Å². The summed E-state index contributed by atoms with van der Waals surface area (Å²) in [5, 5.41) is 12.3. The summed E-state index contributed by atoms with van der Waals surface area (Å²) in [4.78, 5) is 12.5. The Kier molecular flexibility index (Phi) is 7.79. The molecule has 0 radical (unpaired) electrons. The number of carbonyl (C=O) groups is 1. The van der Waals surface area contributed by atoms with Gasteiger partial charge in [0.1, 0.15) is 29.8 Å². The van der Waals surface area contributed by atoms with E-state index in [0.717, 1.165) is 14.7 Å². The first-order chi connectivity index (χ1) is 15.0. The molecule has 3 aromatic carbocycles. The zero-order chi connectivity index (χ0) is 22.2. The summed E-state index contributed by atoms with van der Waals surface area (Å²) in [6.07, 6.45) is 1.55. The predicted molar refractivity (Wildman–Crippen MR) is 126 cm³/mol. The van der Waals surface area contributed by atoms with Gasteiger partial charge in [0.25, 0.3) is 5.91 Å². The Morgan fingerprint density at radius 2 is 1.94 bits per heavy atom. The number of halogens is 2. The smallest absolute Gasteiger partial charge is 0.262 e. The van der Waals surface area contributed by atoms with Gasteiger partial charge in [0.15, 0.2) is 0 Å². The van der Waals surface area contributed by atoms with E-state index in [1.807, 2.05) is 49.4 Å². The molecule has 3 aromatic rings. The number of nitrogens with zero attached hydrogens (tertiary/aromatic N) is 1. The highest BCUT2D eigenvalue weighted by atomic mass is 127. The van der Waals surface area contributed by atoms with Crippen LogP contribution in [0.25, 0.3) is 6.08 Å². The Balaban J connectivity index is 1.68. The molecule has 0 saturated carbocycles. The lowest BCUT2D eigenvalue weighted by atomic mass is 10.1. The molecule has 0 aliphatic heterocycles. The van der Waals surface area contributed by atoms with Crippen molar-refractivity contribution < 1.29 is 13.9 Å². The highest BCUT2D eigenvalue weighted by Crippen LogP contribution is 2.24. The molecule has 31 heavy (non-hydrogen) atoms. The van der Waals surface area contributed by atoms with E-state index in [1.54, 1.807) is 30.3 Å². The normalized spacial score (nSPS) is 12.0. The number of hydrogen-bond acceptors (Lipinski definition) is 3. The van der Waals surface area contributed by atoms with E-state index < -0.39 is 5.91 Å². The highest BCUT2D eigenvalue weighted by molar-refractivity contribution is 14.1. The van der Waals surface area contributed by atoms with Gasteiger partial charge in [0.2, 0.25) is 0 Å². The van der Waals surface area contributed by atoms with Crippen molar-refractivity contribution in [1.82, 2.24) is 5.32 Å². The van der Waals surface area contributed by atoms with E-state index in [9.17, 15) is 14.4 Å². The fourth-order valence-corrected chi connectivity index (χ4v) is 3.62. The summed E-state index contributed by atoms with van der Waals surface area (Å²) in [6.45, 7) is 2.11. The second-order valence-electron chi connectivity index (χ2n) is 6.88. The quantitative estimate of drug-likeness (QED) is 0.241. The number of nitrogens with one attached hydrogen (secondary N) is 1. The van der Waals surface area contributed by atoms with Crippen molar-refractivity contribution in [2.75, 3.05) is 0 Å². The Morgan fingerprint density at radius 3 is 2.61 bits per heavy atom. The molecule has 1 N–H and O–H groups in total. The average Bonchev–Trinajstić information content (AvgIpc) is 2.77. The topological polar surface area (TPSA) is 62.1 Å². The first kappa shape index (κ1) is 22.5. The third-order valence-corrected chi connectivity index (χ3v) is 5.41. The van der Waals surface area contributed by atoms with Crippen LogP contribution in [0.3, 0.4) is 0 Å². The number of rotatable bonds is 7. The molecule has 0 fully saturated rings. The van der Waals surface area contributed by atoms with E-state index in [0.29, 0.717) is 11.3 Å². The summed E-state index contributed by atoms with van der Waals surface area (Å²) in [7, 11) is 0. The van der Waals surface area contributed by atoms with E-state index in [4.69, 9.17) is 4.74 Å². The second kappa shape index (κ2) is 10.7. The average molecular weight is 526 g/mol. The number of benzene rings is 3. The summed E-state index contributed by atoms with van der Waals surface area (Å²) in [5.41, 5.74) is 2.42. The zero-order valence-electron chi connectivity index (χ0n) is 16.8. The molecule has 0 saturated heterocycles. The van der Waals surface area contributed by atoms with Gasteiger partial charge in [0.05, 0.1) is 9.61 Å².